The number of ether oxygens (including phenoxy) is 1. The molecule has 0 saturated heterocycles. The molecule has 1 unspecified atom stereocenters. The van der Waals surface area contributed by atoms with Crippen LogP contribution in [-0.2, 0) is 9.53 Å². The van der Waals surface area contributed by atoms with Crippen LogP contribution in [0.2, 0.25) is 0 Å². The van der Waals surface area contributed by atoms with E-state index >= 15 is 0 Å². The second kappa shape index (κ2) is 6.09. The van der Waals surface area contributed by atoms with Gasteiger partial charge in [-0.2, -0.15) is 0 Å². The van der Waals surface area contributed by atoms with E-state index in [-0.39, 0.29) is 5.97 Å². The van der Waals surface area contributed by atoms with Crippen LogP contribution in [0.4, 0.5) is 0 Å². The number of hydrogen-bond acceptors (Lipinski definition) is 4. The molecule has 4 nitrogen and oxygen atoms in total. The lowest BCUT2D eigenvalue weighted by molar-refractivity contribution is -0.144. The summed E-state index contributed by atoms with van der Waals surface area (Å²) in [7, 11) is 0. The SMILES string of the molecule is CCOC(=O)C(C)c1ncccc1-c1cccnc1. The molecule has 2 heterocycles. The monoisotopic (exact) mass is 256 g/mol. The summed E-state index contributed by atoms with van der Waals surface area (Å²) in [6.45, 7) is 3.98. The minimum atomic E-state index is -0.392. The summed E-state index contributed by atoms with van der Waals surface area (Å²) in [5, 5.41) is 0. The standard InChI is InChI=1S/C15H16N2O2/c1-3-19-15(18)11(2)14-13(7-5-9-17-14)12-6-4-8-16-10-12/h4-11H,3H2,1-2H3. The molecule has 98 valence electrons. The predicted molar refractivity (Wildman–Crippen MR) is 72.5 cm³/mol. The third-order valence-corrected chi connectivity index (χ3v) is 2.86. The van der Waals surface area contributed by atoms with Crippen LogP contribution in [-0.4, -0.2) is 22.5 Å². The van der Waals surface area contributed by atoms with Gasteiger partial charge in [0.05, 0.1) is 18.2 Å². The minimum absolute atomic E-state index is 0.258. The highest BCUT2D eigenvalue weighted by atomic mass is 16.5. The Bertz CT molecular complexity index is 555. The van der Waals surface area contributed by atoms with Crippen molar-refractivity contribution in [1.29, 1.82) is 0 Å². The maximum atomic E-state index is 11.8. The van der Waals surface area contributed by atoms with E-state index in [1.165, 1.54) is 0 Å². The van der Waals surface area contributed by atoms with Crippen molar-refractivity contribution in [3.63, 3.8) is 0 Å². The van der Waals surface area contributed by atoms with E-state index in [1.54, 1.807) is 32.4 Å². The fourth-order valence-corrected chi connectivity index (χ4v) is 1.91. The fraction of sp³-hybridized carbons (Fsp3) is 0.267. The number of aromatic nitrogens is 2. The molecule has 0 fully saturated rings. The van der Waals surface area contributed by atoms with Gasteiger partial charge in [-0.05, 0) is 26.0 Å². The molecule has 2 aromatic heterocycles. The smallest absolute Gasteiger partial charge is 0.314 e. The van der Waals surface area contributed by atoms with Crippen molar-refractivity contribution in [2.75, 3.05) is 6.61 Å². The van der Waals surface area contributed by atoms with Crippen LogP contribution in [0.15, 0.2) is 42.9 Å². The lowest BCUT2D eigenvalue weighted by Gasteiger charge is -2.14. The van der Waals surface area contributed by atoms with Gasteiger partial charge in [0.2, 0.25) is 0 Å². The summed E-state index contributed by atoms with van der Waals surface area (Å²) in [6.07, 6.45) is 5.16. The van der Waals surface area contributed by atoms with Crippen LogP contribution in [0.5, 0.6) is 0 Å². The Morgan fingerprint density at radius 1 is 1.32 bits per heavy atom. The molecule has 0 aliphatic heterocycles. The molecule has 0 aromatic carbocycles. The maximum Gasteiger partial charge on any atom is 0.314 e. The van der Waals surface area contributed by atoms with Crippen molar-refractivity contribution in [3.8, 4) is 11.1 Å². The third-order valence-electron chi connectivity index (χ3n) is 2.86. The second-order valence-electron chi connectivity index (χ2n) is 4.15. The van der Waals surface area contributed by atoms with Crippen LogP contribution in [0, 0.1) is 0 Å². The maximum absolute atomic E-state index is 11.8. The molecule has 1 atom stereocenters. The van der Waals surface area contributed by atoms with Crippen molar-refractivity contribution in [2.24, 2.45) is 0 Å². The number of rotatable bonds is 4. The van der Waals surface area contributed by atoms with Gasteiger partial charge in [0, 0.05) is 29.7 Å². The summed E-state index contributed by atoms with van der Waals surface area (Å²) >= 11 is 0. The molecular weight excluding hydrogens is 240 g/mol. The average Bonchev–Trinajstić information content (AvgIpc) is 2.47. The number of esters is 1. The van der Waals surface area contributed by atoms with Gasteiger partial charge >= 0.3 is 5.97 Å². The highest BCUT2D eigenvalue weighted by Crippen LogP contribution is 2.27. The Morgan fingerprint density at radius 3 is 2.79 bits per heavy atom. The summed E-state index contributed by atoms with van der Waals surface area (Å²) in [5.41, 5.74) is 2.58. The highest BCUT2D eigenvalue weighted by molar-refractivity contribution is 5.80. The summed E-state index contributed by atoms with van der Waals surface area (Å²) in [5.74, 6) is -0.650. The molecular formula is C15H16N2O2. The molecule has 2 aromatic rings. The van der Waals surface area contributed by atoms with Gasteiger partial charge in [0.15, 0.2) is 0 Å². The van der Waals surface area contributed by atoms with Gasteiger partial charge in [-0.1, -0.05) is 12.1 Å². The number of hydrogen-bond donors (Lipinski definition) is 0. The zero-order valence-electron chi connectivity index (χ0n) is 11.0. The quantitative estimate of drug-likeness (QED) is 0.789. The Morgan fingerprint density at radius 2 is 2.11 bits per heavy atom. The lowest BCUT2D eigenvalue weighted by Crippen LogP contribution is -2.15. The van der Waals surface area contributed by atoms with Crippen LogP contribution in [0.3, 0.4) is 0 Å². The molecule has 4 heteroatoms. The number of carbonyl (C=O) groups is 1. The van der Waals surface area contributed by atoms with Crippen molar-refractivity contribution in [2.45, 2.75) is 19.8 Å². The summed E-state index contributed by atoms with van der Waals surface area (Å²) in [6, 6.07) is 7.60. The first-order chi connectivity index (χ1) is 9.24. The van der Waals surface area contributed by atoms with E-state index in [0.717, 1.165) is 11.1 Å². The van der Waals surface area contributed by atoms with E-state index in [2.05, 4.69) is 9.97 Å². The molecule has 0 spiro atoms. The molecule has 0 radical (unpaired) electrons. The van der Waals surface area contributed by atoms with Crippen LogP contribution in [0.25, 0.3) is 11.1 Å². The van der Waals surface area contributed by atoms with Crippen molar-refractivity contribution < 1.29 is 9.53 Å². The van der Waals surface area contributed by atoms with E-state index in [0.29, 0.717) is 12.3 Å². The van der Waals surface area contributed by atoms with Crippen molar-refractivity contribution in [1.82, 2.24) is 9.97 Å². The minimum Gasteiger partial charge on any atom is -0.465 e. The molecule has 19 heavy (non-hydrogen) atoms. The van der Waals surface area contributed by atoms with Crippen molar-refractivity contribution in [3.05, 3.63) is 48.5 Å². The lowest BCUT2D eigenvalue weighted by atomic mass is 9.98. The van der Waals surface area contributed by atoms with Crippen LogP contribution in [0.1, 0.15) is 25.5 Å². The Hall–Kier alpha value is -2.23. The molecule has 0 bridgehead atoms. The van der Waals surface area contributed by atoms with Crippen LogP contribution >= 0.6 is 0 Å². The molecule has 0 N–H and O–H groups in total. The van der Waals surface area contributed by atoms with Gasteiger partial charge in [-0.3, -0.25) is 14.8 Å². The fourth-order valence-electron chi connectivity index (χ4n) is 1.91. The first kappa shape index (κ1) is 13.2. The van der Waals surface area contributed by atoms with Crippen molar-refractivity contribution >= 4 is 5.97 Å². The first-order valence-electron chi connectivity index (χ1n) is 6.26. The third kappa shape index (κ3) is 2.96. The zero-order valence-corrected chi connectivity index (χ0v) is 11.0. The Balaban J connectivity index is 2.39. The van der Waals surface area contributed by atoms with E-state index in [9.17, 15) is 4.79 Å². The van der Waals surface area contributed by atoms with Gasteiger partial charge in [0.1, 0.15) is 0 Å². The van der Waals surface area contributed by atoms with Gasteiger partial charge in [0.25, 0.3) is 0 Å². The average molecular weight is 256 g/mol. The number of carbonyl (C=O) groups excluding carboxylic acids is 1. The van der Waals surface area contributed by atoms with Gasteiger partial charge in [-0.15, -0.1) is 0 Å². The van der Waals surface area contributed by atoms with Gasteiger partial charge < -0.3 is 4.74 Å². The number of nitrogens with zero attached hydrogens (tertiary/aromatic N) is 2. The topological polar surface area (TPSA) is 52.1 Å². The predicted octanol–water partition coefficient (Wildman–Crippen LogP) is 2.81. The molecule has 0 amide bonds. The second-order valence-corrected chi connectivity index (χ2v) is 4.15. The Labute approximate surface area is 112 Å². The molecule has 2 rings (SSSR count). The van der Waals surface area contributed by atoms with E-state index < -0.39 is 5.92 Å². The number of pyridine rings is 2. The first-order valence-corrected chi connectivity index (χ1v) is 6.26. The van der Waals surface area contributed by atoms with E-state index in [4.69, 9.17) is 4.74 Å². The molecule has 0 saturated carbocycles. The molecule has 0 aliphatic rings. The highest BCUT2D eigenvalue weighted by Gasteiger charge is 2.21. The van der Waals surface area contributed by atoms with Crippen LogP contribution < -0.4 is 0 Å². The summed E-state index contributed by atoms with van der Waals surface area (Å²) < 4.78 is 5.05. The van der Waals surface area contributed by atoms with Gasteiger partial charge in [-0.25, -0.2) is 0 Å². The Kier molecular flexibility index (Phi) is 4.23. The largest absolute Gasteiger partial charge is 0.465 e. The normalized spacial score (nSPS) is 11.9. The zero-order chi connectivity index (χ0) is 13.7. The van der Waals surface area contributed by atoms with E-state index in [1.807, 2.05) is 24.3 Å². The summed E-state index contributed by atoms with van der Waals surface area (Å²) in [4.78, 5) is 20.3. The molecule has 0 aliphatic carbocycles.